The van der Waals surface area contributed by atoms with Crippen LogP contribution in [0.25, 0.3) is 0 Å². The molecule has 0 aliphatic carbocycles. The standard InChI is InChI=1S/C13H18ClF3N2/c1-3-11(4-2)19(8-7-14)12-6-5-10(9-18-12)13(15,16)17/h5-6,9,11H,3-4,7-8H2,1-2H3. The van der Waals surface area contributed by atoms with Gasteiger partial charge in [0.05, 0.1) is 5.56 Å². The van der Waals surface area contributed by atoms with Crippen LogP contribution in [0.3, 0.4) is 0 Å². The normalized spacial score (nSPS) is 11.9. The van der Waals surface area contributed by atoms with E-state index in [0.717, 1.165) is 25.1 Å². The molecule has 1 aromatic heterocycles. The number of rotatable bonds is 6. The van der Waals surface area contributed by atoms with E-state index in [2.05, 4.69) is 4.98 Å². The minimum absolute atomic E-state index is 0.239. The molecule has 0 unspecified atom stereocenters. The summed E-state index contributed by atoms with van der Waals surface area (Å²) in [6.45, 7) is 4.66. The average Bonchev–Trinajstić information content (AvgIpc) is 2.38. The molecule has 0 aliphatic heterocycles. The summed E-state index contributed by atoms with van der Waals surface area (Å²) in [6.07, 6.45) is -1.68. The smallest absolute Gasteiger partial charge is 0.352 e. The van der Waals surface area contributed by atoms with Gasteiger partial charge >= 0.3 is 6.18 Å². The number of hydrogen-bond acceptors (Lipinski definition) is 2. The Labute approximate surface area is 116 Å². The van der Waals surface area contributed by atoms with Crippen LogP contribution in [-0.2, 0) is 6.18 Å². The Hall–Kier alpha value is -0.970. The van der Waals surface area contributed by atoms with E-state index in [1.165, 1.54) is 6.07 Å². The summed E-state index contributed by atoms with van der Waals surface area (Å²) in [5.41, 5.74) is -0.730. The van der Waals surface area contributed by atoms with E-state index in [0.29, 0.717) is 18.2 Å². The molecule has 0 atom stereocenters. The first-order valence-electron chi connectivity index (χ1n) is 6.29. The third-order valence-electron chi connectivity index (χ3n) is 3.08. The van der Waals surface area contributed by atoms with E-state index in [-0.39, 0.29) is 6.04 Å². The van der Waals surface area contributed by atoms with Crippen LogP contribution in [0, 0.1) is 0 Å². The van der Waals surface area contributed by atoms with Crippen molar-refractivity contribution in [3.63, 3.8) is 0 Å². The maximum absolute atomic E-state index is 12.5. The molecule has 2 nitrogen and oxygen atoms in total. The van der Waals surface area contributed by atoms with E-state index >= 15 is 0 Å². The second-order valence-corrected chi connectivity index (χ2v) is 4.63. The van der Waals surface area contributed by atoms with Crippen LogP contribution in [-0.4, -0.2) is 23.5 Å². The van der Waals surface area contributed by atoms with Crippen molar-refractivity contribution in [1.82, 2.24) is 4.98 Å². The first-order chi connectivity index (χ1) is 8.93. The van der Waals surface area contributed by atoms with Crippen LogP contribution in [0.1, 0.15) is 32.3 Å². The second kappa shape index (κ2) is 6.98. The lowest BCUT2D eigenvalue weighted by atomic mass is 10.1. The SMILES string of the molecule is CCC(CC)N(CCCl)c1ccc(C(F)(F)F)cn1. The number of nitrogens with zero attached hydrogens (tertiary/aromatic N) is 2. The molecule has 0 aliphatic rings. The Balaban J connectivity index is 2.97. The number of alkyl halides is 4. The number of hydrogen-bond donors (Lipinski definition) is 0. The van der Waals surface area contributed by atoms with Gasteiger partial charge in [-0.1, -0.05) is 13.8 Å². The van der Waals surface area contributed by atoms with Gasteiger partial charge in [-0.05, 0) is 25.0 Å². The third-order valence-corrected chi connectivity index (χ3v) is 3.25. The van der Waals surface area contributed by atoms with Crippen LogP contribution in [0.5, 0.6) is 0 Å². The molecule has 0 bridgehead atoms. The highest BCUT2D eigenvalue weighted by Crippen LogP contribution is 2.29. The molecule has 0 spiro atoms. The average molecular weight is 295 g/mol. The Kier molecular flexibility index (Phi) is 5.91. The van der Waals surface area contributed by atoms with Crippen molar-refractivity contribution in [2.24, 2.45) is 0 Å². The van der Waals surface area contributed by atoms with Crippen LogP contribution in [0.2, 0.25) is 0 Å². The van der Waals surface area contributed by atoms with Crippen molar-refractivity contribution in [3.05, 3.63) is 23.9 Å². The molecule has 1 rings (SSSR count). The van der Waals surface area contributed by atoms with E-state index in [1.807, 2.05) is 18.7 Å². The predicted molar refractivity (Wildman–Crippen MR) is 71.7 cm³/mol. The van der Waals surface area contributed by atoms with Crippen molar-refractivity contribution in [1.29, 1.82) is 0 Å². The molecule has 0 radical (unpaired) electrons. The van der Waals surface area contributed by atoms with Gasteiger partial charge in [-0.3, -0.25) is 0 Å². The summed E-state index contributed by atoms with van der Waals surface area (Å²) in [5.74, 6) is 0.960. The Morgan fingerprint density at radius 2 is 1.89 bits per heavy atom. The summed E-state index contributed by atoms with van der Waals surface area (Å²) in [4.78, 5) is 5.89. The molecular formula is C13H18ClF3N2. The lowest BCUT2D eigenvalue weighted by molar-refractivity contribution is -0.137. The van der Waals surface area contributed by atoms with Crippen LogP contribution in [0.4, 0.5) is 19.0 Å². The summed E-state index contributed by atoms with van der Waals surface area (Å²) >= 11 is 5.76. The number of pyridine rings is 1. The molecule has 0 aromatic carbocycles. The first kappa shape index (κ1) is 16.1. The second-order valence-electron chi connectivity index (χ2n) is 4.26. The highest BCUT2D eigenvalue weighted by Gasteiger charge is 2.31. The van der Waals surface area contributed by atoms with E-state index in [1.54, 1.807) is 0 Å². The zero-order valence-electron chi connectivity index (χ0n) is 11.0. The maximum Gasteiger partial charge on any atom is 0.417 e. The molecular weight excluding hydrogens is 277 g/mol. The lowest BCUT2D eigenvalue weighted by Gasteiger charge is -2.31. The van der Waals surface area contributed by atoms with Crippen molar-refractivity contribution in [2.75, 3.05) is 17.3 Å². The molecule has 0 saturated carbocycles. The van der Waals surface area contributed by atoms with Gasteiger partial charge in [-0.2, -0.15) is 13.2 Å². The zero-order valence-corrected chi connectivity index (χ0v) is 11.8. The van der Waals surface area contributed by atoms with Crippen LogP contribution in [0.15, 0.2) is 18.3 Å². The Morgan fingerprint density at radius 1 is 1.26 bits per heavy atom. The molecule has 108 valence electrons. The Bertz CT molecular complexity index is 374. The molecule has 0 fully saturated rings. The number of anilines is 1. The van der Waals surface area contributed by atoms with Gasteiger partial charge in [0, 0.05) is 24.7 Å². The van der Waals surface area contributed by atoms with Crippen LogP contribution < -0.4 is 4.90 Å². The summed E-state index contributed by atoms with van der Waals surface area (Å²) in [7, 11) is 0. The van der Waals surface area contributed by atoms with E-state index in [4.69, 9.17) is 11.6 Å². The molecule has 19 heavy (non-hydrogen) atoms. The molecule has 6 heteroatoms. The Morgan fingerprint density at radius 3 is 2.26 bits per heavy atom. The minimum Gasteiger partial charge on any atom is -0.352 e. The van der Waals surface area contributed by atoms with Gasteiger partial charge in [0.15, 0.2) is 0 Å². The fourth-order valence-electron chi connectivity index (χ4n) is 2.03. The van der Waals surface area contributed by atoms with Gasteiger partial charge in [-0.25, -0.2) is 4.98 Å². The number of halogens is 4. The van der Waals surface area contributed by atoms with E-state index < -0.39 is 11.7 Å². The van der Waals surface area contributed by atoms with Gasteiger partial charge in [-0.15, -0.1) is 11.6 Å². The fourth-order valence-corrected chi connectivity index (χ4v) is 2.21. The highest BCUT2D eigenvalue weighted by atomic mass is 35.5. The highest BCUT2D eigenvalue weighted by molar-refractivity contribution is 6.18. The lowest BCUT2D eigenvalue weighted by Crippen LogP contribution is -2.36. The fraction of sp³-hybridized carbons (Fsp3) is 0.615. The summed E-state index contributed by atoms with van der Waals surface area (Å²) in [5, 5.41) is 0. The monoisotopic (exact) mass is 294 g/mol. The molecule has 1 aromatic rings. The maximum atomic E-state index is 12.5. The van der Waals surface area contributed by atoms with Crippen molar-refractivity contribution < 1.29 is 13.2 Å². The zero-order chi connectivity index (χ0) is 14.5. The molecule has 0 amide bonds. The van der Waals surface area contributed by atoms with Crippen molar-refractivity contribution in [3.8, 4) is 0 Å². The summed E-state index contributed by atoms with van der Waals surface area (Å²) < 4.78 is 37.5. The number of aromatic nitrogens is 1. The minimum atomic E-state index is -4.35. The van der Waals surface area contributed by atoms with E-state index in [9.17, 15) is 13.2 Å². The van der Waals surface area contributed by atoms with Gasteiger partial charge in [0.25, 0.3) is 0 Å². The van der Waals surface area contributed by atoms with Crippen molar-refractivity contribution in [2.45, 2.75) is 38.9 Å². The quantitative estimate of drug-likeness (QED) is 0.726. The largest absolute Gasteiger partial charge is 0.417 e. The van der Waals surface area contributed by atoms with Gasteiger partial charge in [0.2, 0.25) is 0 Å². The van der Waals surface area contributed by atoms with Gasteiger partial charge in [0.1, 0.15) is 5.82 Å². The van der Waals surface area contributed by atoms with Crippen LogP contribution >= 0.6 is 11.6 Å². The molecule has 0 saturated heterocycles. The predicted octanol–water partition coefficient (Wildman–Crippen LogP) is 4.33. The van der Waals surface area contributed by atoms with Crippen molar-refractivity contribution >= 4 is 17.4 Å². The summed E-state index contributed by atoms with van der Waals surface area (Å²) in [6, 6.07) is 2.71. The first-order valence-corrected chi connectivity index (χ1v) is 6.83. The molecule has 0 N–H and O–H groups in total. The molecule has 1 heterocycles. The third kappa shape index (κ3) is 4.27. The topological polar surface area (TPSA) is 16.1 Å². The van der Waals surface area contributed by atoms with Gasteiger partial charge < -0.3 is 4.90 Å².